The maximum Gasteiger partial charge on any atom is 0.407 e. The molecule has 1 spiro atoms. The van der Waals surface area contributed by atoms with Crippen LogP contribution in [-0.2, 0) is 23.8 Å². The molecule has 15 heteroatoms. The lowest BCUT2D eigenvalue weighted by molar-refractivity contribution is -0.137. The average molecular weight is 875 g/mol. The smallest absolute Gasteiger partial charge is 0.407 e. The molecule has 4 atom stereocenters. The molecule has 1 aliphatic heterocycles. The minimum atomic E-state index is -0.765. The highest BCUT2D eigenvalue weighted by Gasteiger charge is 2.55. The Morgan fingerprint density at radius 2 is 1.36 bits per heavy atom. The Hall–Kier alpha value is -6.22. The molecule has 4 amide bonds. The summed E-state index contributed by atoms with van der Waals surface area (Å²) in [5, 5.41) is 7.66. The number of likely N-dealkylation sites (tertiary alicyclic amines) is 1. The normalized spacial score (nSPS) is 16.8. The molecule has 2 aromatic heterocycles. The van der Waals surface area contributed by atoms with Gasteiger partial charge in [-0.15, -0.1) is 0 Å². The highest BCUT2D eigenvalue weighted by atomic mass is 16.5. The van der Waals surface area contributed by atoms with Crippen LogP contribution in [0.2, 0.25) is 0 Å². The number of nitrogens with one attached hydrogen (secondary N) is 4. The van der Waals surface area contributed by atoms with Crippen LogP contribution in [-0.4, -0.2) is 107 Å². The van der Waals surface area contributed by atoms with Crippen LogP contribution >= 0.6 is 0 Å². The third-order valence-electron chi connectivity index (χ3n) is 12.8. The standard InChI is InChI=1S/C49H62N8O7/c1-9-39(56(21-10-22-62-6)45(58)41(29(2)3)54-47(60)63-7)43-50-26-37(52-43)32-13-11-31(12-14-32)33-15-16-35-24-36(18-17-34(35)23-33)38-27-51-44(53-38)40-25-49(19-20-49)28-57(40)46(59)42(30(4)5)55-48(61)64-8/h11-18,23-24,26-27,29-30,39-42H,9-10,19-22,25,28H2,1-8H3,(H,50,52)(H,51,53)(H,54,60)(H,55,61)/t39-,40-,41-,42-/m0/s1. The minimum Gasteiger partial charge on any atom is -0.453 e. The van der Waals surface area contributed by atoms with E-state index in [0.29, 0.717) is 38.4 Å². The molecule has 0 unspecified atom stereocenters. The first-order valence-corrected chi connectivity index (χ1v) is 22.3. The van der Waals surface area contributed by atoms with Crippen molar-refractivity contribution in [1.29, 1.82) is 0 Å². The number of aromatic amines is 2. The van der Waals surface area contributed by atoms with Gasteiger partial charge in [0.2, 0.25) is 11.8 Å². The van der Waals surface area contributed by atoms with Gasteiger partial charge >= 0.3 is 12.2 Å². The van der Waals surface area contributed by atoms with Crippen molar-refractivity contribution in [2.45, 2.75) is 90.9 Å². The number of alkyl carbamates (subject to hydrolysis) is 2. The Bertz CT molecular complexity index is 2440. The summed E-state index contributed by atoms with van der Waals surface area (Å²) >= 11 is 0. The van der Waals surface area contributed by atoms with Crippen LogP contribution < -0.4 is 10.6 Å². The molecule has 0 bridgehead atoms. The van der Waals surface area contributed by atoms with Crippen molar-refractivity contribution >= 4 is 34.8 Å². The third kappa shape index (κ3) is 9.94. The summed E-state index contributed by atoms with van der Waals surface area (Å²) in [4.78, 5) is 72.5. The zero-order valence-corrected chi connectivity index (χ0v) is 38.2. The Labute approximate surface area is 375 Å². The summed E-state index contributed by atoms with van der Waals surface area (Å²) in [5.74, 6) is 0.833. The lowest BCUT2D eigenvalue weighted by Gasteiger charge is -2.34. The number of H-pyrrole nitrogens is 2. The molecule has 0 radical (unpaired) electrons. The van der Waals surface area contributed by atoms with Gasteiger partial charge in [-0.3, -0.25) is 9.59 Å². The number of carbonyl (C=O) groups excluding carboxylic acids is 4. The van der Waals surface area contributed by atoms with Gasteiger partial charge in [-0.2, -0.15) is 0 Å². The quantitative estimate of drug-likeness (QED) is 0.0667. The number of hydrogen-bond donors (Lipinski definition) is 4. The number of rotatable bonds is 17. The topological polar surface area (TPSA) is 184 Å². The molecule has 7 rings (SSSR count). The maximum absolute atomic E-state index is 14.0. The zero-order chi connectivity index (χ0) is 45.7. The molecule has 64 heavy (non-hydrogen) atoms. The number of ether oxygens (including phenoxy) is 3. The van der Waals surface area contributed by atoms with Crippen molar-refractivity contribution in [3.63, 3.8) is 0 Å². The molecule has 1 saturated heterocycles. The van der Waals surface area contributed by atoms with Gasteiger partial charge in [0.15, 0.2) is 0 Å². The van der Waals surface area contributed by atoms with E-state index in [1.807, 2.05) is 45.7 Å². The van der Waals surface area contributed by atoms with Crippen LogP contribution in [0.5, 0.6) is 0 Å². The van der Waals surface area contributed by atoms with Crippen molar-refractivity contribution < 1.29 is 33.4 Å². The summed E-state index contributed by atoms with van der Waals surface area (Å²) in [5.41, 5.74) is 5.93. The number of methoxy groups -OCH3 is 3. The lowest BCUT2D eigenvalue weighted by atomic mass is 9.98. The van der Waals surface area contributed by atoms with Gasteiger partial charge in [-0.1, -0.05) is 83.1 Å². The molecule has 1 aliphatic carbocycles. The van der Waals surface area contributed by atoms with Crippen LogP contribution in [0.25, 0.3) is 44.4 Å². The largest absolute Gasteiger partial charge is 0.453 e. The van der Waals surface area contributed by atoms with E-state index in [9.17, 15) is 19.2 Å². The highest BCUT2D eigenvalue weighted by molar-refractivity contribution is 5.91. The second-order valence-electron chi connectivity index (χ2n) is 17.9. The predicted octanol–water partition coefficient (Wildman–Crippen LogP) is 8.42. The Morgan fingerprint density at radius 3 is 1.97 bits per heavy atom. The fraction of sp³-hybridized carbons (Fsp3) is 0.469. The van der Waals surface area contributed by atoms with Gasteiger partial charge in [0.25, 0.3) is 0 Å². The summed E-state index contributed by atoms with van der Waals surface area (Å²) in [6.07, 6.45) is 6.62. The second kappa shape index (κ2) is 19.7. The van der Waals surface area contributed by atoms with E-state index in [1.54, 1.807) is 18.2 Å². The average Bonchev–Trinajstić information content (AvgIpc) is 3.62. The number of hydrogen-bond acceptors (Lipinski definition) is 9. The molecular weight excluding hydrogens is 813 g/mol. The fourth-order valence-corrected chi connectivity index (χ4v) is 8.93. The fourth-order valence-electron chi connectivity index (χ4n) is 8.93. The van der Waals surface area contributed by atoms with Gasteiger partial charge in [0, 0.05) is 32.4 Å². The van der Waals surface area contributed by atoms with Crippen molar-refractivity contribution in [3.8, 4) is 33.6 Å². The van der Waals surface area contributed by atoms with E-state index in [0.717, 1.165) is 69.5 Å². The van der Waals surface area contributed by atoms with Crippen LogP contribution in [0, 0.1) is 17.3 Å². The maximum atomic E-state index is 14.0. The van der Waals surface area contributed by atoms with E-state index in [2.05, 4.69) is 81.3 Å². The number of benzene rings is 3. The molecule has 2 fully saturated rings. The van der Waals surface area contributed by atoms with Crippen molar-refractivity contribution in [1.82, 2.24) is 40.4 Å². The van der Waals surface area contributed by atoms with Crippen molar-refractivity contribution in [3.05, 3.63) is 84.7 Å². The zero-order valence-electron chi connectivity index (χ0n) is 38.2. The van der Waals surface area contributed by atoms with Crippen LogP contribution in [0.15, 0.2) is 73.1 Å². The third-order valence-corrected chi connectivity index (χ3v) is 12.8. The molecular formula is C49H62N8O7. The molecule has 5 aromatic rings. The molecule has 4 N–H and O–H groups in total. The van der Waals surface area contributed by atoms with Gasteiger partial charge in [0.1, 0.15) is 23.7 Å². The van der Waals surface area contributed by atoms with E-state index in [4.69, 9.17) is 24.2 Å². The van der Waals surface area contributed by atoms with E-state index in [1.165, 1.54) is 14.2 Å². The molecule has 340 valence electrons. The van der Waals surface area contributed by atoms with Gasteiger partial charge < -0.3 is 44.6 Å². The predicted molar refractivity (Wildman–Crippen MR) is 245 cm³/mol. The van der Waals surface area contributed by atoms with Gasteiger partial charge in [-0.25, -0.2) is 19.6 Å². The SMILES string of the molecule is CC[C@@H](c1ncc(-c2ccc(-c3ccc4cc(-c5cnc([C@@H]6CC7(CC7)CN6C(=O)[C@@H](NC(=O)OC)C(C)C)[nH]5)ccc4c3)cc2)[nH]1)N(CCCOC)C(=O)[C@@H](NC(=O)OC)C(C)C. The van der Waals surface area contributed by atoms with E-state index >= 15 is 0 Å². The Morgan fingerprint density at radius 1 is 0.781 bits per heavy atom. The number of nitrogens with zero attached hydrogens (tertiary/aromatic N) is 4. The number of imidazole rings is 2. The van der Waals surface area contributed by atoms with E-state index in [-0.39, 0.29) is 41.1 Å². The first kappa shape index (κ1) is 45.8. The monoisotopic (exact) mass is 874 g/mol. The summed E-state index contributed by atoms with van der Waals surface area (Å²) in [7, 11) is 4.22. The highest BCUT2D eigenvalue weighted by Crippen LogP contribution is 2.58. The number of amides is 4. The molecule has 3 aromatic carbocycles. The number of carbonyl (C=O) groups is 4. The molecule has 15 nitrogen and oxygen atoms in total. The van der Waals surface area contributed by atoms with Gasteiger partial charge in [0.05, 0.1) is 50.1 Å². The summed E-state index contributed by atoms with van der Waals surface area (Å²) < 4.78 is 15.0. The summed E-state index contributed by atoms with van der Waals surface area (Å²) in [6.45, 7) is 11.2. The van der Waals surface area contributed by atoms with Crippen molar-refractivity contribution in [2.24, 2.45) is 17.3 Å². The number of fused-ring (bicyclic) bond motifs is 1. The van der Waals surface area contributed by atoms with Crippen LogP contribution in [0.1, 0.15) is 90.5 Å². The van der Waals surface area contributed by atoms with E-state index < -0.39 is 24.3 Å². The van der Waals surface area contributed by atoms with Crippen molar-refractivity contribution in [2.75, 3.05) is 41.0 Å². The molecule has 3 heterocycles. The van der Waals surface area contributed by atoms with Crippen LogP contribution in [0.4, 0.5) is 9.59 Å². The Kier molecular flexibility index (Phi) is 14.1. The Balaban J connectivity index is 1.05. The summed E-state index contributed by atoms with van der Waals surface area (Å²) in [6, 6.07) is 19.1. The first-order valence-electron chi connectivity index (χ1n) is 22.3. The first-order chi connectivity index (χ1) is 30.8. The lowest BCUT2D eigenvalue weighted by Crippen LogP contribution is -2.52. The number of aromatic nitrogens is 4. The molecule has 1 saturated carbocycles. The van der Waals surface area contributed by atoms with Gasteiger partial charge in [-0.05, 0) is 89.0 Å². The second-order valence-corrected chi connectivity index (χ2v) is 17.9. The van der Waals surface area contributed by atoms with Crippen LogP contribution in [0.3, 0.4) is 0 Å². The molecule has 2 aliphatic rings. The minimum absolute atomic E-state index is 0.110.